The zero-order chi connectivity index (χ0) is 15.6. The molecule has 1 heterocycles. The maximum Gasteiger partial charge on any atom is 0.254 e. The summed E-state index contributed by atoms with van der Waals surface area (Å²) in [6, 6.07) is 0.213. The number of carbonyl (C=O) groups is 2. The fourth-order valence-corrected chi connectivity index (χ4v) is 2.09. The molecule has 1 atom stereocenters. The van der Waals surface area contributed by atoms with Gasteiger partial charge < -0.3 is 10.6 Å². The molecule has 1 aromatic carbocycles. The second-order valence-corrected chi connectivity index (χ2v) is 4.70. The highest BCUT2D eigenvalue weighted by molar-refractivity contribution is 5.94. The molecular weight excluding hydrogens is 292 g/mol. The van der Waals surface area contributed by atoms with E-state index in [-0.39, 0.29) is 18.5 Å². The summed E-state index contributed by atoms with van der Waals surface area (Å²) in [6.07, 6.45) is 1.44. The van der Waals surface area contributed by atoms with Crippen molar-refractivity contribution in [3.8, 4) is 0 Å². The molecule has 2 amide bonds. The molecule has 0 bridgehead atoms. The molecule has 0 radical (unpaired) electrons. The number of hydrogen-bond donors (Lipinski definition) is 2. The fraction of sp³-hybridized carbons (Fsp3) is 0.385. The van der Waals surface area contributed by atoms with E-state index < -0.39 is 34.7 Å². The van der Waals surface area contributed by atoms with Crippen molar-refractivity contribution >= 4 is 11.8 Å². The minimum atomic E-state index is -2.02. The van der Waals surface area contributed by atoms with Gasteiger partial charge in [-0.1, -0.05) is 0 Å². The molecular formula is C13H12F4N2O2. The average Bonchev–Trinajstić information content (AvgIpc) is 2.86. The van der Waals surface area contributed by atoms with E-state index in [4.69, 9.17) is 0 Å². The van der Waals surface area contributed by atoms with Crippen molar-refractivity contribution in [1.82, 2.24) is 10.6 Å². The molecule has 8 heteroatoms. The molecule has 114 valence electrons. The Kier molecular flexibility index (Phi) is 4.44. The average molecular weight is 304 g/mol. The number of hydrogen-bond acceptors (Lipinski definition) is 2. The molecule has 2 rings (SSSR count). The second-order valence-electron chi connectivity index (χ2n) is 4.70. The summed E-state index contributed by atoms with van der Waals surface area (Å²) in [5.74, 6) is -8.49. The van der Waals surface area contributed by atoms with Gasteiger partial charge in [0, 0.05) is 19.0 Å². The van der Waals surface area contributed by atoms with Crippen LogP contribution in [-0.4, -0.2) is 24.4 Å². The molecule has 1 aliphatic heterocycles. The molecule has 0 spiro atoms. The van der Waals surface area contributed by atoms with Crippen LogP contribution in [-0.2, 0) is 4.79 Å². The number of rotatable bonds is 4. The van der Waals surface area contributed by atoms with Crippen LogP contribution in [0.1, 0.15) is 29.6 Å². The van der Waals surface area contributed by atoms with Crippen molar-refractivity contribution in [2.75, 3.05) is 6.54 Å². The van der Waals surface area contributed by atoms with Gasteiger partial charge in [-0.2, -0.15) is 0 Å². The van der Waals surface area contributed by atoms with Crippen LogP contribution in [0.4, 0.5) is 17.6 Å². The Morgan fingerprint density at radius 3 is 2.57 bits per heavy atom. The molecule has 1 aromatic rings. The molecule has 4 nitrogen and oxygen atoms in total. The summed E-state index contributed by atoms with van der Waals surface area (Å²) in [7, 11) is 0. The third-order valence-corrected chi connectivity index (χ3v) is 3.21. The van der Waals surface area contributed by atoms with Crippen LogP contribution in [0.5, 0.6) is 0 Å². The van der Waals surface area contributed by atoms with E-state index in [1.807, 2.05) is 0 Å². The lowest BCUT2D eigenvalue weighted by molar-refractivity contribution is -0.119. The van der Waals surface area contributed by atoms with E-state index in [1.165, 1.54) is 0 Å². The maximum atomic E-state index is 13.4. The Hall–Kier alpha value is -2.12. The van der Waals surface area contributed by atoms with Crippen LogP contribution < -0.4 is 10.6 Å². The Bertz CT molecular complexity index is 592. The third-order valence-electron chi connectivity index (χ3n) is 3.21. The third kappa shape index (κ3) is 3.32. The Labute approximate surface area is 117 Å². The van der Waals surface area contributed by atoms with Crippen molar-refractivity contribution < 1.29 is 27.2 Å². The van der Waals surface area contributed by atoms with E-state index >= 15 is 0 Å². The quantitative estimate of drug-likeness (QED) is 0.505. The number of amides is 2. The van der Waals surface area contributed by atoms with Crippen LogP contribution in [0.15, 0.2) is 6.07 Å². The van der Waals surface area contributed by atoms with Crippen molar-refractivity contribution in [1.29, 1.82) is 0 Å². The predicted molar refractivity (Wildman–Crippen MR) is 64.4 cm³/mol. The van der Waals surface area contributed by atoms with E-state index in [0.717, 1.165) is 0 Å². The summed E-state index contributed by atoms with van der Waals surface area (Å²) in [4.78, 5) is 22.6. The topological polar surface area (TPSA) is 58.2 Å². The van der Waals surface area contributed by atoms with Crippen molar-refractivity contribution in [3.63, 3.8) is 0 Å². The molecule has 0 saturated carbocycles. The molecule has 1 saturated heterocycles. The Morgan fingerprint density at radius 2 is 1.95 bits per heavy atom. The first-order valence-electron chi connectivity index (χ1n) is 6.30. The Balaban J connectivity index is 1.96. The van der Waals surface area contributed by atoms with Crippen molar-refractivity contribution in [3.05, 3.63) is 34.9 Å². The molecule has 0 aliphatic carbocycles. The smallest absolute Gasteiger partial charge is 0.254 e. The highest BCUT2D eigenvalue weighted by Crippen LogP contribution is 2.18. The van der Waals surface area contributed by atoms with Gasteiger partial charge in [-0.3, -0.25) is 9.59 Å². The summed E-state index contributed by atoms with van der Waals surface area (Å²) < 4.78 is 52.1. The summed E-state index contributed by atoms with van der Waals surface area (Å²) in [5.41, 5.74) is -0.901. The number of halogens is 4. The van der Waals surface area contributed by atoms with Crippen molar-refractivity contribution in [2.45, 2.75) is 25.3 Å². The number of benzene rings is 1. The van der Waals surface area contributed by atoms with Gasteiger partial charge in [0.05, 0.1) is 5.56 Å². The largest absolute Gasteiger partial charge is 0.353 e. The SMILES string of the molecule is O=C1CC[C@@H](CCNC(=O)c2cc(F)c(F)c(F)c2F)N1. The maximum absolute atomic E-state index is 13.4. The zero-order valence-electron chi connectivity index (χ0n) is 10.8. The van der Waals surface area contributed by atoms with E-state index in [2.05, 4.69) is 10.6 Å². The van der Waals surface area contributed by atoms with Gasteiger partial charge in [-0.05, 0) is 18.9 Å². The zero-order valence-corrected chi connectivity index (χ0v) is 10.8. The molecule has 1 aliphatic rings. The molecule has 2 N–H and O–H groups in total. The van der Waals surface area contributed by atoms with Crippen LogP contribution >= 0.6 is 0 Å². The fourth-order valence-electron chi connectivity index (χ4n) is 2.09. The lowest BCUT2D eigenvalue weighted by atomic mass is 10.1. The van der Waals surface area contributed by atoms with Crippen molar-refractivity contribution in [2.24, 2.45) is 0 Å². The summed E-state index contributed by atoms with van der Waals surface area (Å²) >= 11 is 0. The highest BCUT2D eigenvalue weighted by atomic mass is 19.2. The first-order valence-corrected chi connectivity index (χ1v) is 6.30. The van der Waals surface area contributed by atoms with Gasteiger partial charge in [-0.25, -0.2) is 17.6 Å². The van der Waals surface area contributed by atoms with Crippen LogP contribution in [0.2, 0.25) is 0 Å². The minimum Gasteiger partial charge on any atom is -0.353 e. The lowest BCUT2D eigenvalue weighted by Gasteiger charge is -2.11. The second kappa shape index (κ2) is 6.11. The van der Waals surface area contributed by atoms with Gasteiger partial charge >= 0.3 is 0 Å². The minimum absolute atomic E-state index is 0.0833. The van der Waals surface area contributed by atoms with Crippen LogP contribution in [0.3, 0.4) is 0 Å². The lowest BCUT2D eigenvalue weighted by Crippen LogP contribution is -2.32. The Morgan fingerprint density at radius 1 is 1.24 bits per heavy atom. The molecule has 21 heavy (non-hydrogen) atoms. The van der Waals surface area contributed by atoms with Gasteiger partial charge in [-0.15, -0.1) is 0 Å². The summed E-state index contributed by atoms with van der Waals surface area (Å²) in [5, 5.41) is 4.94. The molecule has 0 aromatic heterocycles. The van der Waals surface area contributed by atoms with E-state index in [0.29, 0.717) is 25.3 Å². The number of carbonyl (C=O) groups excluding carboxylic acids is 2. The van der Waals surface area contributed by atoms with Gasteiger partial charge in [0.15, 0.2) is 23.3 Å². The number of nitrogens with one attached hydrogen (secondary N) is 2. The standard InChI is InChI=1S/C13H12F4N2O2/c14-8-5-7(10(15)12(17)11(8)16)13(21)18-4-3-6-1-2-9(20)19-6/h5-6H,1-4H2,(H,18,21)(H,19,20)/t6-/m0/s1. The normalized spacial score (nSPS) is 17.7. The van der Waals surface area contributed by atoms with Crippen LogP contribution in [0, 0.1) is 23.3 Å². The van der Waals surface area contributed by atoms with Gasteiger partial charge in [0.25, 0.3) is 5.91 Å². The van der Waals surface area contributed by atoms with Crippen LogP contribution in [0.25, 0.3) is 0 Å². The van der Waals surface area contributed by atoms with Gasteiger partial charge in [0.1, 0.15) is 0 Å². The predicted octanol–water partition coefficient (Wildman–Crippen LogP) is 1.64. The molecule has 0 unspecified atom stereocenters. The molecule has 1 fully saturated rings. The first kappa shape index (κ1) is 15.3. The summed E-state index contributed by atoms with van der Waals surface area (Å²) in [6.45, 7) is 0.0871. The van der Waals surface area contributed by atoms with E-state index in [1.54, 1.807) is 0 Å². The monoisotopic (exact) mass is 304 g/mol. The first-order chi connectivity index (χ1) is 9.90. The van der Waals surface area contributed by atoms with E-state index in [9.17, 15) is 27.2 Å². The van der Waals surface area contributed by atoms with Gasteiger partial charge in [0.2, 0.25) is 5.91 Å². The highest BCUT2D eigenvalue weighted by Gasteiger charge is 2.24.